The van der Waals surface area contributed by atoms with Crippen LogP contribution >= 0.6 is 0 Å². The number of hydrogen-bond acceptors (Lipinski definition) is 5. The van der Waals surface area contributed by atoms with E-state index in [1.807, 2.05) is 55.5 Å². The quantitative estimate of drug-likeness (QED) is 0.423. The number of hydrogen-bond donors (Lipinski definition) is 2. The summed E-state index contributed by atoms with van der Waals surface area (Å²) in [5, 5.41) is 15.3. The van der Waals surface area contributed by atoms with E-state index in [-0.39, 0.29) is 5.88 Å². The molecule has 0 saturated heterocycles. The lowest BCUT2D eigenvalue weighted by molar-refractivity contribution is -0.400. The third kappa shape index (κ3) is 2.46. The van der Waals surface area contributed by atoms with Gasteiger partial charge in [-0.15, -0.1) is 0 Å². The molecule has 24 heavy (non-hydrogen) atoms. The van der Waals surface area contributed by atoms with Crippen molar-refractivity contribution in [3.05, 3.63) is 64.2 Å². The maximum atomic E-state index is 11.5. The Morgan fingerprint density at radius 2 is 1.92 bits per heavy atom. The van der Waals surface area contributed by atoms with Gasteiger partial charge in [0.15, 0.2) is 0 Å². The fourth-order valence-electron chi connectivity index (χ4n) is 2.97. The van der Waals surface area contributed by atoms with Gasteiger partial charge in [0.25, 0.3) is 0 Å². The minimum atomic E-state index is -0.820. The Morgan fingerprint density at radius 1 is 1.21 bits per heavy atom. The molecule has 3 aromatic rings. The van der Waals surface area contributed by atoms with Crippen LogP contribution in [0.2, 0.25) is 0 Å². The van der Waals surface area contributed by atoms with Crippen molar-refractivity contribution < 1.29 is 9.34 Å². The Balaban J connectivity index is 2.37. The molecule has 1 atom stereocenters. The number of nitrogens with two attached hydrogens (primary N) is 1. The molecule has 0 aliphatic rings. The topological polar surface area (TPSA) is 94.3 Å². The van der Waals surface area contributed by atoms with Gasteiger partial charge in [-0.25, -0.2) is 0 Å². The molecule has 2 aromatic carbocycles. The summed E-state index contributed by atoms with van der Waals surface area (Å²) in [4.78, 5) is 11.0. The van der Waals surface area contributed by atoms with Gasteiger partial charge < -0.3 is 10.2 Å². The molecule has 0 aliphatic heterocycles. The monoisotopic (exact) mass is 325 g/mol. The largest absolute Gasteiger partial charge is 0.442 e. The van der Waals surface area contributed by atoms with Crippen molar-refractivity contribution in [2.24, 2.45) is 5.73 Å². The molecule has 124 valence electrons. The predicted molar refractivity (Wildman–Crippen MR) is 93.5 cm³/mol. The zero-order chi connectivity index (χ0) is 17.3. The van der Waals surface area contributed by atoms with Crippen LogP contribution in [0.4, 0.5) is 5.88 Å². The molecule has 0 spiro atoms. The highest BCUT2D eigenvalue weighted by atomic mass is 16.6. The highest BCUT2D eigenvalue weighted by molar-refractivity contribution is 6.00. The Bertz CT molecular complexity index is 883. The summed E-state index contributed by atoms with van der Waals surface area (Å²) in [6.45, 7) is 1.95. The summed E-state index contributed by atoms with van der Waals surface area (Å²) in [7, 11) is 1.76. The third-order valence-electron chi connectivity index (χ3n) is 4.41. The van der Waals surface area contributed by atoms with Crippen LogP contribution in [0, 0.1) is 10.1 Å². The lowest BCUT2D eigenvalue weighted by Crippen LogP contribution is -2.48. The number of rotatable bonds is 5. The maximum absolute atomic E-state index is 11.5. The van der Waals surface area contributed by atoms with Gasteiger partial charge >= 0.3 is 5.88 Å². The van der Waals surface area contributed by atoms with E-state index < -0.39 is 10.6 Å². The molecule has 6 nitrogen and oxygen atoms in total. The van der Waals surface area contributed by atoms with Gasteiger partial charge in [-0.2, -0.15) is 0 Å². The second-order valence-corrected chi connectivity index (χ2v) is 5.66. The molecule has 0 bridgehead atoms. The first-order chi connectivity index (χ1) is 11.5. The molecule has 0 aliphatic carbocycles. The van der Waals surface area contributed by atoms with Gasteiger partial charge in [0.2, 0.25) is 0 Å². The van der Waals surface area contributed by atoms with Crippen molar-refractivity contribution in [2.75, 3.05) is 7.05 Å². The Kier molecular flexibility index (Phi) is 4.09. The van der Waals surface area contributed by atoms with Crippen LogP contribution in [0.25, 0.3) is 22.1 Å². The number of furan rings is 1. The van der Waals surface area contributed by atoms with Crippen molar-refractivity contribution in [2.45, 2.75) is 19.0 Å². The smallest absolute Gasteiger partial charge is 0.400 e. The molecule has 0 radical (unpaired) electrons. The van der Waals surface area contributed by atoms with E-state index in [1.165, 1.54) is 0 Å². The SMILES string of the molecule is CCC(N)(NC)c1cccc2c(-c3ccccc3)c([N+](=O)[O-])oc12. The van der Waals surface area contributed by atoms with Crippen molar-refractivity contribution in [1.29, 1.82) is 0 Å². The molecule has 3 rings (SSSR count). The van der Waals surface area contributed by atoms with E-state index in [1.54, 1.807) is 7.05 Å². The molecule has 1 aromatic heterocycles. The summed E-state index contributed by atoms with van der Waals surface area (Å²) < 4.78 is 5.68. The first-order valence-electron chi connectivity index (χ1n) is 7.75. The molecular formula is C18H19N3O3. The Hall–Kier alpha value is -2.70. The van der Waals surface area contributed by atoms with Crippen molar-refractivity contribution in [3.8, 4) is 11.1 Å². The number of fused-ring (bicyclic) bond motifs is 1. The molecule has 0 saturated carbocycles. The molecule has 0 amide bonds. The van der Waals surface area contributed by atoms with Crippen molar-refractivity contribution in [3.63, 3.8) is 0 Å². The first kappa shape index (κ1) is 16.2. The van der Waals surface area contributed by atoms with E-state index in [0.29, 0.717) is 28.5 Å². The average molecular weight is 325 g/mol. The van der Waals surface area contributed by atoms with Crippen LogP contribution < -0.4 is 11.1 Å². The van der Waals surface area contributed by atoms with E-state index in [0.717, 1.165) is 5.56 Å². The number of benzene rings is 2. The highest BCUT2D eigenvalue weighted by Gasteiger charge is 2.32. The summed E-state index contributed by atoms with van der Waals surface area (Å²) in [6, 6.07) is 14.7. The van der Waals surface area contributed by atoms with E-state index >= 15 is 0 Å². The Morgan fingerprint density at radius 3 is 2.50 bits per heavy atom. The Labute approximate surface area is 139 Å². The zero-order valence-corrected chi connectivity index (χ0v) is 13.6. The normalized spacial score (nSPS) is 13.8. The lowest BCUT2D eigenvalue weighted by atomic mass is 9.94. The minimum Gasteiger partial charge on any atom is -0.400 e. The second kappa shape index (κ2) is 6.07. The standard InChI is InChI=1S/C18H19N3O3/c1-3-18(19,20-2)14-11-7-10-13-15(12-8-5-4-6-9-12)17(21(22)23)24-16(13)14/h4-11,20H,3,19H2,1-2H3. The summed E-state index contributed by atoms with van der Waals surface area (Å²) >= 11 is 0. The highest BCUT2D eigenvalue weighted by Crippen LogP contribution is 2.42. The molecule has 1 heterocycles. The molecule has 0 fully saturated rings. The van der Waals surface area contributed by atoms with Crippen LogP contribution in [0.3, 0.4) is 0 Å². The third-order valence-corrected chi connectivity index (χ3v) is 4.41. The lowest BCUT2D eigenvalue weighted by Gasteiger charge is -2.28. The number of para-hydroxylation sites is 1. The van der Waals surface area contributed by atoms with Crippen molar-refractivity contribution in [1.82, 2.24) is 5.32 Å². The van der Waals surface area contributed by atoms with Crippen molar-refractivity contribution >= 4 is 16.9 Å². The first-order valence-corrected chi connectivity index (χ1v) is 7.75. The van der Waals surface area contributed by atoms with E-state index in [4.69, 9.17) is 10.2 Å². The van der Waals surface area contributed by atoms with Gasteiger partial charge in [-0.1, -0.05) is 55.5 Å². The number of nitrogens with one attached hydrogen (secondary N) is 1. The molecule has 6 heteroatoms. The zero-order valence-electron chi connectivity index (χ0n) is 13.6. The van der Waals surface area contributed by atoms with Crippen LogP contribution in [0.5, 0.6) is 0 Å². The molecule has 3 N–H and O–H groups in total. The van der Waals surface area contributed by atoms with Gasteiger partial charge in [-0.05, 0) is 19.0 Å². The predicted octanol–water partition coefficient (Wildman–Crippen LogP) is 3.75. The fourth-order valence-corrected chi connectivity index (χ4v) is 2.97. The molecular weight excluding hydrogens is 306 g/mol. The summed E-state index contributed by atoms with van der Waals surface area (Å²) in [5.41, 5.74) is 7.97. The molecule has 1 unspecified atom stereocenters. The van der Waals surface area contributed by atoms with Gasteiger partial charge in [0, 0.05) is 10.9 Å². The minimum absolute atomic E-state index is 0.266. The van der Waals surface area contributed by atoms with E-state index in [2.05, 4.69) is 5.32 Å². The van der Waals surface area contributed by atoms with Crippen LogP contribution in [-0.4, -0.2) is 12.0 Å². The second-order valence-electron chi connectivity index (χ2n) is 5.66. The van der Waals surface area contributed by atoms with E-state index in [9.17, 15) is 10.1 Å². The van der Waals surface area contributed by atoms with Crippen LogP contribution in [-0.2, 0) is 5.66 Å². The fraction of sp³-hybridized carbons (Fsp3) is 0.222. The summed E-state index contributed by atoms with van der Waals surface area (Å²) in [6.07, 6.45) is 0.609. The van der Waals surface area contributed by atoms with Gasteiger partial charge in [-0.3, -0.25) is 15.4 Å². The maximum Gasteiger partial charge on any atom is 0.442 e. The van der Waals surface area contributed by atoms with Crippen LogP contribution in [0.1, 0.15) is 18.9 Å². The summed E-state index contributed by atoms with van der Waals surface area (Å²) in [5.74, 6) is -0.266. The van der Waals surface area contributed by atoms with Gasteiger partial charge in [0.05, 0.1) is 5.66 Å². The van der Waals surface area contributed by atoms with Crippen LogP contribution in [0.15, 0.2) is 52.9 Å². The number of nitrogens with zero attached hydrogens (tertiary/aromatic N) is 1. The van der Waals surface area contributed by atoms with Gasteiger partial charge in [0.1, 0.15) is 16.1 Å². The average Bonchev–Trinajstić information content (AvgIpc) is 3.01. The number of nitro groups is 1.